The van der Waals surface area contributed by atoms with E-state index in [1.54, 1.807) is 0 Å². The molecule has 1 rings (SSSR count). The van der Waals surface area contributed by atoms with Gasteiger partial charge in [-0.05, 0) is 33.1 Å². The van der Waals surface area contributed by atoms with Crippen LogP contribution < -0.4 is 11.1 Å². The van der Waals surface area contributed by atoms with Gasteiger partial charge < -0.3 is 15.8 Å². The molecule has 4 nitrogen and oxygen atoms in total. The minimum absolute atomic E-state index is 0. The van der Waals surface area contributed by atoms with Crippen LogP contribution in [0.15, 0.2) is 4.99 Å². The molecule has 0 bridgehead atoms. The predicted octanol–water partition coefficient (Wildman–Crippen LogP) is 2.37. The molecule has 0 spiro atoms. The van der Waals surface area contributed by atoms with Gasteiger partial charge in [0.2, 0.25) is 0 Å². The Morgan fingerprint density at radius 3 is 2.56 bits per heavy atom. The van der Waals surface area contributed by atoms with Gasteiger partial charge in [0.25, 0.3) is 0 Å². The molecule has 1 fully saturated rings. The Kier molecular flexibility index (Phi) is 7.51. The highest BCUT2D eigenvalue weighted by Crippen LogP contribution is 2.26. The van der Waals surface area contributed by atoms with Gasteiger partial charge in [-0.15, -0.1) is 24.0 Å². The fourth-order valence-electron chi connectivity index (χ4n) is 2.23. The van der Waals surface area contributed by atoms with Crippen LogP contribution in [0.4, 0.5) is 0 Å². The molecule has 18 heavy (non-hydrogen) atoms. The fraction of sp³-hybridized carbons (Fsp3) is 0.923. The number of rotatable bonds is 3. The quantitative estimate of drug-likeness (QED) is 0.456. The highest BCUT2D eigenvalue weighted by atomic mass is 127. The highest BCUT2D eigenvalue weighted by Gasteiger charge is 2.30. The average molecular weight is 369 g/mol. The van der Waals surface area contributed by atoms with Crippen molar-refractivity contribution in [2.75, 3.05) is 13.2 Å². The van der Waals surface area contributed by atoms with Crippen molar-refractivity contribution < 1.29 is 4.74 Å². The van der Waals surface area contributed by atoms with Crippen LogP contribution in [-0.4, -0.2) is 30.8 Å². The fourth-order valence-corrected chi connectivity index (χ4v) is 2.23. The molecule has 1 heterocycles. The number of ether oxygens (including phenoxy) is 1. The van der Waals surface area contributed by atoms with E-state index in [-0.39, 0.29) is 29.5 Å². The largest absolute Gasteiger partial charge is 0.378 e. The molecular weight excluding hydrogens is 341 g/mol. The van der Waals surface area contributed by atoms with Gasteiger partial charge in [0.15, 0.2) is 5.96 Å². The zero-order valence-corrected chi connectivity index (χ0v) is 14.5. The third-order valence-corrected chi connectivity index (χ3v) is 2.92. The number of nitrogens with one attached hydrogen (secondary N) is 1. The first-order valence-electron chi connectivity index (χ1n) is 6.49. The first kappa shape index (κ1) is 18.0. The molecule has 0 saturated carbocycles. The van der Waals surface area contributed by atoms with Crippen molar-refractivity contribution in [2.45, 2.75) is 52.7 Å². The lowest BCUT2D eigenvalue weighted by molar-refractivity contribution is 0.0559. The van der Waals surface area contributed by atoms with E-state index in [0.29, 0.717) is 23.9 Å². The van der Waals surface area contributed by atoms with Crippen LogP contribution >= 0.6 is 24.0 Å². The summed E-state index contributed by atoms with van der Waals surface area (Å²) < 4.78 is 5.73. The van der Waals surface area contributed by atoms with E-state index in [1.165, 1.54) is 0 Å². The first-order valence-corrected chi connectivity index (χ1v) is 6.49. The molecule has 2 unspecified atom stereocenters. The van der Waals surface area contributed by atoms with Gasteiger partial charge in [0, 0.05) is 24.6 Å². The van der Waals surface area contributed by atoms with Crippen molar-refractivity contribution in [1.82, 2.24) is 5.32 Å². The van der Waals surface area contributed by atoms with Gasteiger partial charge in [-0.3, -0.25) is 4.99 Å². The Balaban J connectivity index is 0.00000289. The standard InChI is InChI=1S/C13H27N3O.HI/c1-9(2)11-10(6-7-17-11)8-15-12(14)16-13(3,4)5;/h9-11H,6-8H2,1-5H3,(H3,14,15,16);1H. The van der Waals surface area contributed by atoms with Gasteiger partial charge in [-0.25, -0.2) is 0 Å². The van der Waals surface area contributed by atoms with Gasteiger partial charge in [0.05, 0.1) is 6.10 Å². The summed E-state index contributed by atoms with van der Waals surface area (Å²) in [6.45, 7) is 12.2. The van der Waals surface area contributed by atoms with Crippen LogP contribution in [-0.2, 0) is 4.74 Å². The highest BCUT2D eigenvalue weighted by molar-refractivity contribution is 14.0. The van der Waals surface area contributed by atoms with E-state index in [2.05, 4.69) is 44.9 Å². The topological polar surface area (TPSA) is 59.6 Å². The Morgan fingerprint density at radius 1 is 1.44 bits per heavy atom. The number of hydrogen-bond acceptors (Lipinski definition) is 2. The summed E-state index contributed by atoms with van der Waals surface area (Å²) in [4.78, 5) is 4.43. The average Bonchev–Trinajstić information content (AvgIpc) is 2.59. The van der Waals surface area contributed by atoms with Crippen molar-refractivity contribution in [3.63, 3.8) is 0 Å². The van der Waals surface area contributed by atoms with Crippen molar-refractivity contribution >= 4 is 29.9 Å². The Hall–Kier alpha value is -0.0400. The van der Waals surface area contributed by atoms with Gasteiger partial charge in [-0.1, -0.05) is 13.8 Å². The van der Waals surface area contributed by atoms with Crippen LogP contribution in [0.25, 0.3) is 0 Å². The molecule has 5 heteroatoms. The number of aliphatic imine (C=N–C) groups is 1. The summed E-state index contributed by atoms with van der Waals surface area (Å²) in [6, 6.07) is 0. The molecule has 0 aromatic carbocycles. The molecule has 108 valence electrons. The summed E-state index contributed by atoms with van der Waals surface area (Å²) in [5.41, 5.74) is 5.83. The second kappa shape index (κ2) is 7.53. The van der Waals surface area contributed by atoms with Crippen molar-refractivity contribution in [2.24, 2.45) is 22.6 Å². The molecule has 1 aliphatic rings. The molecule has 1 aliphatic heterocycles. The number of hydrogen-bond donors (Lipinski definition) is 2. The second-order valence-electron chi connectivity index (χ2n) is 6.23. The van der Waals surface area contributed by atoms with Crippen LogP contribution in [0.1, 0.15) is 41.0 Å². The molecule has 0 aromatic rings. The summed E-state index contributed by atoms with van der Waals surface area (Å²) >= 11 is 0. The Labute approximate surface area is 128 Å². The third-order valence-electron chi connectivity index (χ3n) is 2.92. The summed E-state index contributed by atoms with van der Waals surface area (Å²) in [6.07, 6.45) is 1.43. The van der Waals surface area contributed by atoms with Gasteiger partial charge in [-0.2, -0.15) is 0 Å². The second-order valence-corrected chi connectivity index (χ2v) is 6.23. The minimum atomic E-state index is -0.0305. The summed E-state index contributed by atoms with van der Waals surface area (Å²) in [7, 11) is 0. The molecule has 0 radical (unpaired) electrons. The number of nitrogens with two attached hydrogens (primary N) is 1. The SMILES string of the molecule is CC(C)C1OCCC1CN=C(N)NC(C)(C)C.I. The summed E-state index contributed by atoms with van der Waals surface area (Å²) in [5, 5.41) is 3.17. The molecule has 0 amide bonds. The van der Waals surface area contributed by atoms with Crippen molar-refractivity contribution in [3.8, 4) is 0 Å². The molecule has 0 aliphatic carbocycles. The number of halogens is 1. The maximum atomic E-state index is 5.86. The zero-order valence-electron chi connectivity index (χ0n) is 12.2. The monoisotopic (exact) mass is 369 g/mol. The Morgan fingerprint density at radius 2 is 2.06 bits per heavy atom. The van der Waals surface area contributed by atoms with E-state index >= 15 is 0 Å². The van der Waals surface area contributed by atoms with Crippen LogP contribution in [0.5, 0.6) is 0 Å². The minimum Gasteiger partial charge on any atom is -0.378 e. The van der Waals surface area contributed by atoms with E-state index < -0.39 is 0 Å². The molecule has 2 atom stereocenters. The van der Waals surface area contributed by atoms with E-state index in [0.717, 1.165) is 19.6 Å². The van der Waals surface area contributed by atoms with E-state index in [1.807, 2.05) is 0 Å². The molecule has 0 aromatic heterocycles. The first-order chi connectivity index (χ1) is 7.79. The van der Waals surface area contributed by atoms with Crippen molar-refractivity contribution in [3.05, 3.63) is 0 Å². The maximum absolute atomic E-state index is 5.86. The molecule has 3 N–H and O–H groups in total. The van der Waals surface area contributed by atoms with Crippen LogP contribution in [0.2, 0.25) is 0 Å². The smallest absolute Gasteiger partial charge is 0.188 e. The normalized spacial score (nSPS) is 25.1. The number of guanidine groups is 1. The molecule has 1 saturated heterocycles. The van der Waals surface area contributed by atoms with Crippen LogP contribution in [0, 0.1) is 11.8 Å². The third kappa shape index (κ3) is 6.22. The van der Waals surface area contributed by atoms with Crippen molar-refractivity contribution in [1.29, 1.82) is 0 Å². The molecular formula is C13H28IN3O. The maximum Gasteiger partial charge on any atom is 0.188 e. The van der Waals surface area contributed by atoms with Gasteiger partial charge >= 0.3 is 0 Å². The van der Waals surface area contributed by atoms with E-state index in [4.69, 9.17) is 10.5 Å². The lowest BCUT2D eigenvalue weighted by Crippen LogP contribution is -2.45. The summed E-state index contributed by atoms with van der Waals surface area (Å²) in [5.74, 6) is 1.59. The lowest BCUT2D eigenvalue weighted by Gasteiger charge is -2.23. The Bertz CT molecular complexity index is 274. The van der Waals surface area contributed by atoms with Crippen LogP contribution in [0.3, 0.4) is 0 Å². The zero-order chi connectivity index (χ0) is 13.1. The number of nitrogens with zero attached hydrogens (tertiary/aromatic N) is 1. The van der Waals surface area contributed by atoms with E-state index in [9.17, 15) is 0 Å². The van der Waals surface area contributed by atoms with Gasteiger partial charge in [0.1, 0.15) is 0 Å². The predicted molar refractivity (Wildman–Crippen MR) is 87.5 cm³/mol. The lowest BCUT2D eigenvalue weighted by atomic mass is 9.93.